The Morgan fingerprint density at radius 3 is 2.48 bits per heavy atom. The van der Waals surface area contributed by atoms with E-state index in [2.05, 4.69) is 10.5 Å². The first-order valence-corrected chi connectivity index (χ1v) is 14.2. The Morgan fingerprint density at radius 2 is 1.82 bits per heavy atom. The summed E-state index contributed by atoms with van der Waals surface area (Å²) < 4.78 is 33.6. The number of ether oxygens (including phenoxy) is 1. The van der Waals surface area contributed by atoms with E-state index in [4.69, 9.17) is 16.3 Å². The third kappa shape index (κ3) is 6.76. The summed E-state index contributed by atoms with van der Waals surface area (Å²) in [6.07, 6.45) is 1.31. The minimum absolute atomic E-state index is 0.0236. The van der Waals surface area contributed by atoms with Crippen molar-refractivity contribution in [2.45, 2.75) is 18.7 Å². The van der Waals surface area contributed by atoms with Crippen molar-refractivity contribution >= 4 is 50.8 Å². The van der Waals surface area contributed by atoms with Crippen molar-refractivity contribution in [2.75, 3.05) is 42.1 Å². The molecule has 40 heavy (non-hydrogen) atoms. The lowest BCUT2D eigenvalue weighted by Gasteiger charge is -2.29. The Balaban J connectivity index is 1.60. The molecule has 0 atom stereocenters. The molecule has 1 amide bonds. The second kappa shape index (κ2) is 12.5. The molecule has 1 aliphatic heterocycles. The largest absolute Gasteiger partial charge is 0.378 e. The van der Waals surface area contributed by atoms with Crippen LogP contribution in [0.4, 0.5) is 17.1 Å². The molecule has 1 N–H and O–H groups in total. The van der Waals surface area contributed by atoms with E-state index in [0.717, 1.165) is 9.87 Å². The molecular formula is C27H28ClN5O6S. The average Bonchev–Trinajstić information content (AvgIpc) is 2.92. The average molecular weight is 586 g/mol. The van der Waals surface area contributed by atoms with E-state index < -0.39 is 27.4 Å². The van der Waals surface area contributed by atoms with Crippen LogP contribution < -0.4 is 14.6 Å². The number of morpholine rings is 1. The van der Waals surface area contributed by atoms with Gasteiger partial charge in [0.25, 0.3) is 21.6 Å². The maximum absolute atomic E-state index is 13.6. The Bertz CT molecular complexity index is 1540. The van der Waals surface area contributed by atoms with E-state index in [1.807, 2.05) is 11.8 Å². The molecule has 3 aromatic carbocycles. The number of hydrogen-bond donors (Lipinski definition) is 1. The van der Waals surface area contributed by atoms with Gasteiger partial charge in [0.1, 0.15) is 6.54 Å². The number of amides is 1. The molecule has 11 nitrogen and oxygen atoms in total. The van der Waals surface area contributed by atoms with Crippen LogP contribution in [0.15, 0.2) is 70.7 Å². The van der Waals surface area contributed by atoms with Gasteiger partial charge in [0, 0.05) is 41.5 Å². The highest BCUT2D eigenvalue weighted by Gasteiger charge is 2.28. The Morgan fingerprint density at radius 1 is 1.12 bits per heavy atom. The number of sulfonamides is 1. The van der Waals surface area contributed by atoms with Gasteiger partial charge in [-0.2, -0.15) is 5.10 Å². The lowest BCUT2D eigenvalue weighted by molar-refractivity contribution is -0.384. The molecule has 1 fully saturated rings. The van der Waals surface area contributed by atoms with Crippen LogP contribution in [0.2, 0.25) is 5.02 Å². The summed E-state index contributed by atoms with van der Waals surface area (Å²) in [7, 11) is -4.13. The highest BCUT2D eigenvalue weighted by molar-refractivity contribution is 7.92. The molecule has 0 aliphatic carbocycles. The lowest BCUT2D eigenvalue weighted by atomic mass is 10.1. The molecule has 0 bridgehead atoms. The van der Waals surface area contributed by atoms with Crippen molar-refractivity contribution in [2.24, 2.45) is 5.10 Å². The number of nitro benzene ring substituents is 1. The van der Waals surface area contributed by atoms with E-state index in [0.29, 0.717) is 48.1 Å². The Labute approximate surface area is 237 Å². The zero-order chi connectivity index (χ0) is 28.9. The number of hydrazone groups is 1. The van der Waals surface area contributed by atoms with E-state index >= 15 is 0 Å². The number of nitrogens with zero attached hydrogens (tertiary/aromatic N) is 4. The lowest BCUT2D eigenvalue weighted by Crippen LogP contribution is -2.40. The Kier molecular flexibility index (Phi) is 9.03. The van der Waals surface area contributed by atoms with Gasteiger partial charge in [-0.25, -0.2) is 13.8 Å². The van der Waals surface area contributed by atoms with Gasteiger partial charge in [-0.15, -0.1) is 0 Å². The van der Waals surface area contributed by atoms with Gasteiger partial charge < -0.3 is 9.64 Å². The van der Waals surface area contributed by atoms with Gasteiger partial charge in [0.15, 0.2) is 0 Å². The van der Waals surface area contributed by atoms with Crippen LogP contribution in [0, 0.1) is 24.0 Å². The number of rotatable bonds is 9. The maximum atomic E-state index is 13.6. The predicted molar refractivity (Wildman–Crippen MR) is 154 cm³/mol. The molecule has 4 rings (SSSR count). The third-order valence-corrected chi connectivity index (χ3v) is 8.30. The predicted octanol–water partition coefficient (Wildman–Crippen LogP) is 4.05. The fourth-order valence-electron chi connectivity index (χ4n) is 4.23. The number of carbonyl (C=O) groups excluding carboxylic acids is 1. The van der Waals surface area contributed by atoms with Gasteiger partial charge in [0.2, 0.25) is 0 Å². The number of anilines is 2. The number of halogens is 1. The van der Waals surface area contributed by atoms with Crippen LogP contribution in [0.5, 0.6) is 0 Å². The molecule has 210 valence electrons. The molecule has 1 aliphatic rings. The van der Waals surface area contributed by atoms with Gasteiger partial charge >= 0.3 is 0 Å². The second-order valence-corrected chi connectivity index (χ2v) is 11.4. The number of carbonyl (C=O) groups is 1. The maximum Gasteiger partial charge on any atom is 0.270 e. The standard InChI is InChI=1S/C27H28ClN5O6S/c1-19-3-7-24(8-4-19)40(37,38)32(25-9-5-22(28)15-20(25)2)18-27(34)30-29-17-21-16-23(33(35)36)6-10-26(21)31-11-13-39-14-12-31/h3-10,15-17H,11-14,18H2,1-2H3,(H,30,34)/b29-17-. The molecular weight excluding hydrogens is 558 g/mol. The van der Waals surface area contributed by atoms with Crippen molar-refractivity contribution in [3.05, 3.63) is 92.5 Å². The fourth-order valence-corrected chi connectivity index (χ4v) is 5.94. The third-order valence-electron chi connectivity index (χ3n) is 6.29. The molecule has 0 radical (unpaired) electrons. The van der Waals surface area contributed by atoms with Crippen LogP contribution in [0.25, 0.3) is 0 Å². The number of nitrogens with one attached hydrogen (secondary N) is 1. The summed E-state index contributed by atoms with van der Waals surface area (Å²) >= 11 is 6.08. The molecule has 1 heterocycles. The summed E-state index contributed by atoms with van der Waals surface area (Å²) in [5.41, 5.74) is 5.10. The Hall–Kier alpha value is -4.00. The number of aryl methyl sites for hydroxylation is 2. The van der Waals surface area contributed by atoms with Crippen molar-refractivity contribution in [1.29, 1.82) is 0 Å². The zero-order valence-corrected chi connectivity index (χ0v) is 23.5. The topological polar surface area (TPSA) is 134 Å². The van der Waals surface area contributed by atoms with Gasteiger partial charge in [-0.05, 0) is 55.8 Å². The van der Waals surface area contributed by atoms with Crippen molar-refractivity contribution in [1.82, 2.24) is 5.43 Å². The SMILES string of the molecule is Cc1ccc(S(=O)(=O)N(CC(=O)N/N=C\c2cc([N+](=O)[O-])ccc2N2CCOCC2)c2ccc(Cl)cc2C)cc1. The molecule has 0 saturated carbocycles. The zero-order valence-electron chi connectivity index (χ0n) is 21.9. The number of nitro groups is 1. The van der Waals surface area contributed by atoms with Crippen LogP contribution in [0.3, 0.4) is 0 Å². The van der Waals surface area contributed by atoms with Crippen LogP contribution in [-0.4, -0.2) is 58.3 Å². The highest BCUT2D eigenvalue weighted by Crippen LogP contribution is 2.29. The van der Waals surface area contributed by atoms with Gasteiger partial charge in [-0.1, -0.05) is 29.3 Å². The molecule has 0 spiro atoms. The summed E-state index contributed by atoms with van der Waals surface area (Å²) in [6, 6.07) is 15.4. The van der Waals surface area contributed by atoms with Crippen LogP contribution >= 0.6 is 11.6 Å². The molecule has 13 heteroatoms. The summed E-state index contributed by atoms with van der Waals surface area (Å²) in [5, 5.41) is 15.8. The minimum atomic E-state index is -4.13. The molecule has 0 unspecified atom stereocenters. The first-order valence-electron chi connectivity index (χ1n) is 12.3. The molecule has 3 aromatic rings. The summed E-state index contributed by atoms with van der Waals surface area (Å²) in [4.78, 5) is 25.9. The second-order valence-electron chi connectivity index (χ2n) is 9.15. The van der Waals surface area contributed by atoms with Crippen LogP contribution in [0.1, 0.15) is 16.7 Å². The van der Waals surface area contributed by atoms with Gasteiger partial charge in [-0.3, -0.25) is 19.2 Å². The first-order chi connectivity index (χ1) is 19.1. The van der Waals surface area contributed by atoms with Crippen molar-refractivity contribution < 1.29 is 22.9 Å². The highest BCUT2D eigenvalue weighted by atomic mass is 35.5. The van der Waals surface area contributed by atoms with Crippen molar-refractivity contribution in [3.63, 3.8) is 0 Å². The monoisotopic (exact) mass is 585 g/mol. The van der Waals surface area contributed by atoms with E-state index in [-0.39, 0.29) is 16.3 Å². The number of non-ortho nitro benzene ring substituents is 1. The molecule has 1 saturated heterocycles. The quantitative estimate of drug-likeness (QED) is 0.227. The van der Waals surface area contributed by atoms with Crippen LogP contribution in [-0.2, 0) is 19.6 Å². The summed E-state index contributed by atoms with van der Waals surface area (Å²) in [6.45, 7) is 5.19. The van der Waals surface area contributed by atoms with Crippen molar-refractivity contribution in [3.8, 4) is 0 Å². The van der Waals surface area contributed by atoms with E-state index in [1.165, 1.54) is 36.5 Å². The number of hydrogen-bond acceptors (Lipinski definition) is 8. The van der Waals surface area contributed by atoms with E-state index in [9.17, 15) is 23.3 Å². The normalized spacial score (nSPS) is 13.8. The van der Waals surface area contributed by atoms with E-state index in [1.54, 1.807) is 37.3 Å². The summed E-state index contributed by atoms with van der Waals surface area (Å²) in [5.74, 6) is -0.709. The minimum Gasteiger partial charge on any atom is -0.378 e. The fraction of sp³-hybridized carbons (Fsp3) is 0.259. The smallest absolute Gasteiger partial charge is 0.270 e. The first kappa shape index (κ1) is 29.0. The van der Waals surface area contributed by atoms with Gasteiger partial charge in [0.05, 0.1) is 34.9 Å². The number of benzene rings is 3. The molecule has 0 aromatic heterocycles.